The molecule has 3 atom stereocenters. The van der Waals surface area contributed by atoms with Crippen molar-refractivity contribution in [3.05, 3.63) is 72.2 Å². The highest BCUT2D eigenvalue weighted by atomic mass is 19.1. The molecule has 146 valence electrons. The fourth-order valence-electron chi connectivity index (χ4n) is 3.51. The van der Waals surface area contributed by atoms with Crippen molar-refractivity contribution in [1.82, 2.24) is 0 Å². The minimum atomic E-state index is -0.228. The monoisotopic (exact) mass is 358 g/mol. The van der Waals surface area contributed by atoms with E-state index in [9.17, 15) is 4.39 Å². The molecule has 0 aliphatic heterocycles. The van der Waals surface area contributed by atoms with Crippen LogP contribution in [0, 0.1) is 17.3 Å². The van der Waals surface area contributed by atoms with Gasteiger partial charge in [0.1, 0.15) is 5.83 Å². The SMILES string of the molecule is C=C/C(=C(\F)CC)C(CC(=C)C)C(C)(C=CCC)C(C)/C=C(C)\C=C/C. The molecular formula is C25H39F. The van der Waals surface area contributed by atoms with E-state index in [1.807, 2.05) is 20.8 Å². The summed E-state index contributed by atoms with van der Waals surface area (Å²) in [5, 5.41) is 0. The van der Waals surface area contributed by atoms with Crippen LogP contribution in [-0.2, 0) is 0 Å². The quantitative estimate of drug-likeness (QED) is 0.256. The van der Waals surface area contributed by atoms with Gasteiger partial charge in [0.2, 0.25) is 0 Å². The number of halogens is 1. The molecule has 26 heavy (non-hydrogen) atoms. The molecule has 0 rings (SSSR count). The molecule has 0 fully saturated rings. The van der Waals surface area contributed by atoms with Crippen molar-refractivity contribution in [2.45, 2.75) is 67.7 Å². The summed E-state index contributed by atoms with van der Waals surface area (Å²) >= 11 is 0. The van der Waals surface area contributed by atoms with Crippen molar-refractivity contribution >= 4 is 0 Å². The third-order valence-electron chi connectivity index (χ3n) is 5.16. The van der Waals surface area contributed by atoms with Crippen molar-refractivity contribution in [1.29, 1.82) is 0 Å². The summed E-state index contributed by atoms with van der Waals surface area (Å²) < 4.78 is 14.7. The maximum atomic E-state index is 14.7. The first kappa shape index (κ1) is 24.4. The van der Waals surface area contributed by atoms with Crippen molar-refractivity contribution in [2.75, 3.05) is 0 Å². The van der Waals surface area contributed by atoms with Crippen LogP contribution in [0.1, 0.15) is 67.7 Å². The van der Waals surface area contributed by atoms with Gasteiger partial charge in [-0.05, 0) is 62.9 Å². The molecule has 0 aliphatic rings. The molecule has 0 amide bonds. The molecule has 0 aromatic rings. The molecule has 0 bridgehead atoms. The van der Waals surface area contributed by atoms with Crippen molar-refractivity contribution < 1.29 is 4.39 Å². The van der Waals surface area contributed by atoms with Gasteiger partial charge in [0, 0.05) is 0 Å². The fourth-order valence-corrected chi connectivity index (χ4v) is 3.51. The number of rotatable bonds is 11. The molecule has 3 unspecified atom stereocenters. The highest BCUT2D eigenvalue weighted by molar-refractivity contribution is 5.31. The topological polar surface area (TPSA) is 0 Å². The van der Waals surface area contributed by atoms with E-state index in [-0.39, 0.29) is 23.1 Å². The van der Waals surface area contributed by atoms with Crippen LogP contribution in [-0.4, -0.2) is 0 Å². The lowest BCUT2D eigenvalue weighted by molar-refractivity contribution is 0.223. The zero-order chi connectivity index (χ0) is 20.3. The lowest BCUT2D eigenvalue weighted by Gasteiger charge is -2.41. The Kier molecular flexibility index (Phi) is 11.1. The van der Waals surface area contributed by atoms with E-state index >= 15 is 0 Å². The standard InChI is InChI=1S/C25H39F/c1-10-14-16-25(9,21(8)18-20(7)15-11-2)23(17-19(5)6)22(12-3)24(26)13-4/h11-12,14-16,18,21,23H,3,5,10,13,17H2,1-2,4,6-9H3/b15-11-,16-14?,20-18-,24-22+. The molecule has 0 saturated carbocycles. The Morgan fingerprint density at radius 3 is 2.27 bits per heavy atom. The van der Waals surface area contributed by atoms with Crippen LogP contribution in [0.2, 0.25) is 0 Å². The molecule has 0 radical (unpaired) electrons. The molecule has 0 aliphatic carbocycles. The first-order valence-corrected chi connectivity index (χ1v) is 9.81. The highest BCUT2D eigenvalue weighted by Crippen LogP contribution is 2.46. The van der Waals surface area contributed by atoms with E-state index < -0.39 is 0 Å². The van der Waals surface area contributed by atoms with E-state index in [4.69, 9.17) is 0 Å². The minimum Gasteiger partial charge on any atom is -0.212 e. The Morgan fingerprint density at radius 2 is 1.85 bits per heavy atom. The summed E-state index contributed by atoms with van der Waals surface area (Å²) in [6.07, 6.45) is 14.7. The molecule has 0 heterocycles. The van der Waals surface area contributed by atoms with Crippen LogP contribution < -0.4 is 0 Å². The number of hydrogen-bond donors (Lipinski definition) is 0. The Morgan fingerprint density at radius 1 is 1.23 bits per heavy atom. The smallest absolute Gasteiger partial charge is 0.103 e. The van der Waals surface area contributed by atoms with Gasteiger partial charge in [-0.2, -0.15) is 0 Å². The normalized spacial score (nSPS) is 18.5. The summed E-state index contributed by atoms with van der Waals surface area (Å²) in [6.45, 7) is 22.6. The van der Waals surface area contributed by atoms with Crippen LogP contribution in [0.5, 0.6) is 0 Å². The molecule has 0 aromatic carbocycles. The van der Waals surface area contributed by atoms with Gasteiger partial charge in [0.25, 0.3) is 0 Å². The summed E-state index contributed by atoms with van der Waals surface area (Å²) in [5.74, 6) is 0.180. The van der Waals surface area contributed by atoms with E-state index in [0.29, 0.717) is 6.42 Å². The first-order valence-electron chi connectivity index (χ1n) is 9.81. The van der Waals surface area contributed by atoms with Gasteiger partial charge in [-0.3, -0.25) is 0 Å². The first-order chi connectivity index (χ1) is 12.2. The third kappa shape index (κ3) is 6.94. The molecule has 1 heteroatoms. The Hall–Kier alpha value is -1.63. The molecular weight excluding hydrogens is 319 g/mol. The number of allylic oxidation sites excluding steroid dienone is 10. The zero-order valence-electron chi connectivity index (χ0n) is 18.0. The summed E-state index contributed by atoms with van der Waals surface area (Å²) in [4.78, 5) is 0. The highest BCUT2D eigenvalue weighted by Gasteiger charge is 2.38. The summed E-state index contributed by atoms with van der Waals surface area (Å²) in [6, 6.07) is 0. The van der Waals surface area contributed by atoms with Crippen molar-refractivity contribution in [2.24, 2.45) is 17.3 Å². The summed E-state index contributed by atoms with van der Waals surface area (Å²) in [7, 11) is 0. The Bertz CT molecular complexity index is 585. The van der Waals surface area contributed by atoms with Crippen LogP contribution in [0.3, 0.4) is 0 Å². The second-order valence-corrected chi connectivity index (χ2v) is 7.51. The van der Waals surface area contributed by atoms with Crippen molar-refractivity contribution in [3.8, 4) is 0 Å². The van der Waals surface area contributed by atoms with Gasteiger partial charge in [0.15, 0.2) is 0 Å². The van der Waals surface area contributed by atoms with E-state index in [2.05, 4.69) is 71.2 Å². The molecule has 0 spiro atoms. The predicted molar refractivity (Wildman–Crippen MR) is 117 cm³/mol. The summed E-state index contributed by atoms with van der Waals surface area (Å²) in [5.41, 5.74) is 2.79. The van der Waals surface area contributed by atoms with Crippen LogP contribution in [0.15, 0.2) is 72.2 Å². The van der Waals surface area contributed by atoms with Crippen molar-refractivity contribution in [3.63, 3.8) is 0 Å². The number of hydrogen-bond acceptors (Lipinski definition) is 0. The van der Waals surface area contributed by atoms with Gasteiger partial charge in [0.05, 0.1) is 0 Å². The predicted octanol–water partition coefficient (Wildman–Crippen LogP) is 8.52. The lowest BCUT2D eigenvalue weighted by Crippen LogP contribution is -2.33. The Labute approximate surface area is 162 Å². The van der Waals surface area contributed by atoms with E-state index in [1.165, 1.54) is 5.57 Å². The largest absolute Gasteiger partial charge is 0.212 e. The Balaban J connectivity index is 6.46. The lowest BCUT2D eigenvalue weighted by atomic mass is 9.63. The molecule has 0 aromatic heterocycles. The van der Waals surface area contributed by atoms with Crippen LogP contribution in [0.25, 0.3) is 0 Å². The van der Waals surface area contributed by atoms with Crippen LogP contribution >= 0.6 is 0 Å². The molecule has 0 N–H and O–H groups in total. The average Bonchev–Trinajstić information content (AvgIpc) is 2.58. The van der Waals surface area contributed by atoms with Gasteiger partial charge < -0.3 is 0 Å². The van der Waals surface area contributed by atoms with E-state index in [1.54, 1.807) is 6.08 Å². The van der Waals surface area contributed by atoms with Gasteiger partial charge in [-0.1, -0.05) is 81.9 Å². The molecule has 0 saturated heterocycles. The van der Waals surface area contributed by atoms with Gasteiger partial charge in [-0.25, -0.2) is 4.39 Å². The van der Waals surface area contributed by atoms with Gasteiger partial charge in [-0.15, -0.1) is 6.58 Å². The minimum absolute atomic E-state index is 0.00454. The maximum Gasteiger partial charge on any atom is 0.103 e. The zero-order valence-corrected chi connectivity index (χ0v) is 18.0. The third-order valence-corrected chi connectivity index (χ3v) is 5.16. The van der Waals surface area contributed by atoms with Crippen LogP contribution in [0.4, 0.5) is 4.39 Å². The maximum absolute atomic E-state index is 14.7. The second kappa shape index (κ2) is 11.9. The van der Waals surface area contributed by atoms with E-state index in [0.717, 1.165) is 24.0 Å². The average molecular weight is 359 g/mol. The molecule has 0 nitrogen and oxygen atoms in total. The fraction of sp³-hybridized carbons (Fsp3) is 0.520. The second-order valence-electron chi connectivity index (χ2n) is 7.51. The van der Waals surface area contributed by atoms with Gasteiger partial charge >= 0.3 is 0 Å².